The number of nitrogens with zero attached hydrogens (tertiary/aromatic N) is 3. The minimum atomic E-state index is -0.990. The molecule has 5 nitrogen and oxygen atoms in total. The molecule has 59 heavy (non-hydrogen) atoms. The summed E-state index contributed by atoms with van der Waals surface area (Å²) in [4.78, 5) is 14.9. The molecule has 0 saturated heterocycles. The predicted molar refractivity (Wildman–Crippen MR) is 233 cm³/mol. The van der Waals surface area contributed by atoms with Crippen molar-refractivity contribution in [2.24, 2.45) is 0 Å². The van der Waals surface area contributed by atoms with Gasteiger partial charge in [0.2, 0.25) is 0 Å². The van der Waals surface area contributed by atoms with E-state index >= 15 is 4.39 Å². The molecule has 6 heteroatoms. The molecule has 2 aliphatic carbocycles. The Morgan fingerprint density at radius 2 is 1.15 bits per heavy atom. The molecular weight excluding hydrogens is 730 g/mol. The van der Waals surface area contributed by atoms with E-state index in [0.29, 0.717) is 17.5 Å². The summed E-state index contributed by atoms with van der Waals surface area (Å²) in [5, 5.41) is 2.17. The quantitative estimate of drug-likeness (QED) is 0.169. The summed E-state index contributed by atoms with van der Waals surface area (Å²) in [5.74, 6) is 3.25. The van der Waals surface area contributed by atoms with Crippen molar-refractivity contribution in [2.45, 2.75) is 43.1 Å². The van der Waals surface area contributed by atoms with Crippen LogP contribution in [0.25, 0.3) is 62.1 Å². The molecule has 1 aliphatic heterocycles. The highest BCUT2D eigenvalue weighted by atomic mass is 19.1. The van der Waals surface area contributed by atoms with Crippen LogP contribution in [0.3, 0.4) is 0 Å². The third kappa shape index (κ3) is 5.61. The molecule has 1 saturated carbocycles. The van der Waals surface area contributed by atoms with Crippen molar-refractivity contribution in [3.63, 3.8) is 0 Å². The van der Waals surface area contributed by atoms with Gasteiger partial charge in [0.25, 0.3) is 0 Å². The third-order valence-electron chi connectivity index (χ3n) is 12.7. The predicted octanol–water partition coefficient (Wildman–Crippen LogP) is 12.8. The van der Waals surface area contributed by atoms with E-state index in [0.717, 1.165) is 92.5 Å². The minimum absolute atomic E-state index is 0.182. The maximum absolute atomic E-state index is 15.2. The van der Waals surface area contributed by atoms with E-state index in [2.05, 4.69) is 72.8 Å². The van der Waals surface area contributed by atoms with Gasteiger partial charge in [-0.15, -0.1) is 0 Å². The molecule has 286 valence electrons. The standard InChI is InChI=1S/C53H40FN3O2/c1-58-40-26-23-38(24-27-40)53(37-21-19-36(20-22-37)51-56-49(34-13-5-2-6-14-34)55-50(57-51)35-15-7-3-8-16-35)32-29-44-47-46(41-17-9-10-18-42(41)48(44)59-53)43-28-25-39(54)33-45(43)52(47)30-11-4-12-31-52/h2-3,5-10,13-29,32-33H,4,11-12,30-31H2,1H3. The molecule has 8 aromatic rings. The zero-order valence-electron chi connectivity index (χ0n) is 32.7. The highest BCUT2D eigenvalue weighted by Crippen LogP contribution is 2.62. The summed E-state index contributed by atoms with van der Waals surface area (Å²) in [7, 11) is 1.68. The molecule has 3 aliphatic rings. The topological polar surface area (TPSA) is 57.1 Å². The first-order valence-corrected chi connectivity index (χ1v) is 20.4. The van der Waals surface area contributed by atoms with Crippen molar-refractivity contribution in [1.82, 2.24) is 15.0 Å². The molecule has 7 aromatic carbocycles. The Morgan fingerprint density at radius 1 is 0.593 bits per heavy atom. The van der Waals surface area contributed by atoms with Crippen LogP contribution < -0.4 is 9.47 Å². The van der Waals surface area contributed by atoms with E-state index in [-0.39, 0.29) is 11.2 Å². The zero-order valence-corrected chi connectivity index (χ0v) is 32.7. The summed E-state index contributed by atoms with van der Waals surface area (Å²) in [6.07, 6.45) is 9.85. The molecule has 0 amide bonds. The van der Waals surface area contributed by atoms with Crippen LogP contribution in [-0.2, 0) is 11.0 Å². The maximum Gasteiger partial charge on any atom is 0.178 e. The van der Waals surface area contributed by atoms with Gasteiger partial charge in [0, 0.05) is 44.2 Å². The van der Waals surface area contributed by atoms with Gasteiger partial charge >= 0.3 is 0 Å². The molecule has 0 bridgehead atoms. The van der Waals surface area contributed by atoms with E-state index in [1.54, 1.807) is 19.2 Å². The summed E-state index contributed by atoms with van der Waals surface area (Å²) >= 11 is 0. The van der Waals surface area contributed by atoms with Crippen molar-refractivity contribution >= 4 is 16.8 Å². The van der Waals surface area contributed by atoms with Crippen LogP contribution in [0.1, 0.15) is 59.9 Å². The van der Waals surface area contributed by atoms with Gasteiger partial charge in [-0.1, -0.05) is 153 Å². The lowest BCUT2D eigenvalue weighted by molar-refractivity contribution is 0.163. The third-order valence-corrected chi connectivity index (χ3v) is 12.7. The van der Waals surface area contributed by atoms with Crippen LogP contribution in [0, 0.1) is 5.82 Å². The highest BCUT2D eigenvalue weighted by molar-refractivity contribution is 6.08. The molecule has 0 N–H and O–H groups in total. The van der Waals surface area contributed by atoms with Gasteiger partial charge in [0.15, 0.2) is 23.1 Å². The summed E-state index contributed by atoms with van der Waals surface area (Å²) in [6.45, 7) is 0. The van der Waals surface area contributed by atoms with E-state index < -0.39 is 5.60 Å². The average molecular weight is 770 g/mol. The van der Waals surface area contributed by atoms with Crippen LogP contribution >= 0.6 is 0 Å². The zero-order chi connectivity index (χ0) is 39.6. The van der Waals surface area contributed by atoms with E-state index in [1.807, 2.05) is 78.9 Å². The lowest BCUT2D eigenvalue weighted by Gasteiger charge is -2.41. The Labute approximate surface area is 342 Å². The van der Waals surface area contributed by atoms with Crippen molar-refractivity contribution < 1.29 is 13.9 Å². The molecule has 2 heterocycles. The first-order chi connectivity index (χ1) is 29.0. The fourth-order valence-corrected chi connectivity index (χ4v) is 9.93. The number of fused-ring (bicyclic) bond motifs is 10. The van der Waals surface area contributed by atoms with E-state index in [4.69, 9.17) is 24.4 Å². The SMILES string of the molecule is COc1ccc(C2(c3ccc(-c4nc(-c5ccccc5)nc(-c5ccccc5)n4)cc3)C=Cc3c4c(c5ccccc5c3O2)-c2ccc(F)cc2C42CCCCC2)cc1. The summed E-state index contributed by atoms with van der Waals surface area (Å²) in [5.41, 5.74) is 9.19. The number of aromatic nitrogens is 3. The number of benzene rings is 7. The Kier molecular flexibility index (Phi) is 8.29. The molecule has 11 rings (SSSR count). The van der Waals surface area contributed by atoms with Crippen LogP contribution in [0.15, 0.2) is 158 Å². The fraction of sp³-hybridized carbons (Fsp3) is 0.151. The minimum Gasteiger partial charge on any atom is -0.497 e. The Bertz CT molecular complexity index is 2870. The summed E-state index contributed by atoms with van der Waals surface area (Å²) < 4.78 is 28.4. The largest absolute Gasteiger partial charge is 0.497 e. The van der Waals surface area contributed by atoms with Crippen molar-refractivity contribution in [3.8, 4) is 56.8 Å². The van der Waals surface area contributed by atoms with Gasteiger partial charge in [-0.25, -0.2) is 19.3 Å². The fourth-order valence-electron chi connectivity index (χ4n) is 9.93. The second kappa shape index (κ2) is 13.9. The van der Waals surface area contributed by atoms with Crippen molar-refractivity contribution in [1.29, 1.82) is 0 Å². The van der Waals surface area contributed by atoms with Crippen LogP contribution in [0.5, 0.6) is 11.5 Å². The second-order valence-corrected chi connectivity index (χ2v) is 15.9. The number of ether oxygens (including phenoxy) is 2. The Hall–Kier alpha value is -6.92. The molecule has 0 radical (unpaired) electrons. The van der Waals surface area contributed by atoms with Gasteiger partial charge < -0.3 is 9.47 Å². The second-order valence-electron chi connectivity index (χ2n) is 15.9. The van der Waals surface area contributed by atoms with Gasteiger partial charge in [-0.3, -0.25) is 0 Å². The first-order valence-electron chi connectivity index (χ1n) is 20.4. The lowest BCUT2D eigenvalue weighted by atomic mass is 9.66. The average Bonchev–Trinajstić information content (AvgIpc) is 3.57. The first kappa shape index (κ1) is 35.3. The molecule has 1 spiro atoms. The van der Waals surface area contributed by atoms with Crippen LogP contribution in [-0.4, -0.2) is 22.1 Å². The number of methoxy groups -OCH3 is 1. The maximum atomic E-state index is 15.2. The van der Waals surface area contributed by atoms with Gasteiger partial charge in [-0.05, 0) is 70.8 Å². The smallest absolute Gasteiger partial charge is 0.178 e. The Morgan fingerprint density at radius 3 is 1.76 bits per heavy atom. The molecule has 1 unspecified atom stereocenters. The van der Waals surface area contributed by atoms with E-state index in [1.165, 1.54) is 17.5 Å². The van der Waals surface area contributed by atoms with Gasteiger partial charge in [0.1, 0.15) is 17.3 Å². The monoisotopic (exact) mass is 769 g/mol. The Balaban J connectivity index is 1.09. The van der Waals surface area contributed by atoms with Crippen LogP contribution in [0.4, 0.5) is 4.39 Å². The molecule has 1 atom stereocenters. The van der Waals surface area contributed by atoms with Crippen molar-refractivity contribution in [3.05, 3.63) is 191 Å². The number of rotatable bonds is 6. The number of hydrogen-bond acceptors (Lipinski definition) is 5. The van der Waals surface area contributed by atoms with Crippen LogP contribution in [0.2, 0.25) is 0 Å². The summed E-state index contributed by atoms with van der Waals surface area (Å²) in [6, 6.07) is 50.6. The molecule has 1 fully saturated rings. The van der Waals surface area contributed by atoms with Crippen molar-refractivity contribution in [2.75, 3.05) is 7.11 Å². The highest BCUT2D eigenvalue weighted by Gasteiger charge is 2.49. The number of hydrogen-bond donors (Lipinski definition) is 0. The number of halogens is 1. The normalized spacial score (nSPS) is 17.3. The van der Waals surface area contributed by atoms with Gasteiger partial charge in [0.05, 0.1) is 7.11 Å². The van der Waals surface area contributed by atoms with E-state index in [9.17, 15) is 0 Å². The van der Waals surface area contributed by atoms with Gasteiger partial charge in [-0.2, -0.15) is 0 Å². The lowest BCUT2D eigenvalue weighted by Crippen LogP contribution is -2.35. The molecular formula is C53H40FN3O2. The molecule has 1 aromatic heterocycles.